The maximum absolute atomic E-state index is 13.5. The van der Waals surface area contributed by atoms with E-state index in [1.807, 2.05) is 11.9 Å². The van der Waals surface area contributed by atoms with Crippen molar-refractivity contribution in [3.8, 4) is 11.4 Å². The Hall–Kier alpha value is -1.79. The minimum absolute atomic E-state index is 0.153. The molecule has 0 fully saturated rings. The maximum atomic E-state index is 13.5. The Morgan fingerprint density at radius 2 is 2.14 bits per heavy atom. The molecule has 0 bridgehead atoms. The molecule has 21 heavy (non-hydrogen) atoms. The highest BCUT2D eigenvalue weighted by Gasteiger charge is 2.10. The second kappa shape index (κ2) is 7.28. The van der Waals surface area contributed by atoms with Gasteiger partial charge in [0, 0.05) is 18.5 Å². The van der Waals surface area contributed by atoms with Crippen LogP contribution in [0.1, 0.15) is 17.9 Å². The molecule has 2 rings (SSSR count). The highest BCUT2D eigenvalue weighted by molar-refractivity contribution is 5.54. The van der Waals surface area contributed by atoms with Gasteiger partial charge in [-0.25, -0.2) is 4.39 Å². The number of hydrogen-bond acceptors (Lipinski definition) is 5. The Balaban J connectivity index is 1.93. The van der Waals surface area contributed by atoms with Crippen molar-refractivity contribution in [2.75, 3.05) is 26.7 Å². The van der Waals surface area contributed by atoms with E-state index in [0.29, 0.717) is 35.8 Å². The maximum Gasteiger partial charge on any atom is 0.227 e. The summed E-state index contributed by atoms with van der Waals surface area (Å²) in [5, 5.41) is 12.7. The molecule has 1 aromatic carbocycles. The first-order valence-corrected chi connectivity index (χ1v) is 6.98. The summed E-state index contributed by atoms with van der Waals surface area (Å²) in [5.74, 6) is 0.681. The first kappa shape index (κ1) is 15.6. The summed E-state index contributed by atoms with van der Waals surface area (Å²) in [6.07, 6.45) is 1.53. The van der Waals surface area contributed by atoms with E-state index in [1.165, 1.54) is 6.07 Å². The number of benzene rings is 1. The molecule has 1 heterocycles. The highest BCUT2D eigenvalue weighted by atomic mass is 19.1. The lowest BCUT2D eigenvalue weighted by molar-refractivity contribution is 0.219. The van der Waals surface area contributed by atoms with Gasteiger partial charge in [0.15, 0.2) is 0 Å². The molecule has 0 aliphatic heterocycles. The average Bonchev–Trinajstić information content (AvgIpc) is 2.91. The van der Waals surface area contributed by atoms with E-state index in [1.54, 1.807) is 19.1 Å². The molecule has 0 aliphatic carbocycles. The topological polar surface area (TPSA) is 62.4 Å². The van der Waals surface area contributed by atoms with E-state index >= 15 is 0 Å². The molecule has 2 aromatic rings. The summed E-state index contributed by atoms with van der Waals surface area (Å²) in [4.78, 5) is 6.32. The third kappa shape index (κ3) is 4.34. The van der Waals surface area contributed by atoms with Gasteiger partial charge in [-0.15, -0.1) is 0 Å². The molecule has 6 heteroatoms. The number of aliphatic hydroxyl groups is 1. The minimum atomic E-state index is -0.274. The number of likely N-dealkylation sites (N-methyl/N-ethyl adjacent to an activating group) is 1. The predicted molar refractivity (Wildman–Crippen MR) is 77.3 cm³/mol. The molecule has 0 spiro atoms. The van der Waals surface area contributed by atoms with E-state index in [-0.39, 0.29) is 12.4 Å². The van der Waals surface area contributed by atoms with Crippen molar-refractivity contribution >= 4 is 0 Å². The Labute approximate surface area is 123 Å². The fraction of sp³-hybridized carbons (Fsp3) is 0.467. The van der Waals surface area contributed by atoms with Gasteiger partial charge in [0.2, 0.25) is 11.7 Å². The van der Waals surface area contributed by atoms with Crippen LogP contribution in [0.15, 0.2) is 22.7 Å². The number of halogens is 1. The fourth-order valence-corrected chi connectivity index (χ4v) is 1.99. The lowest BCUT2D eigenvalue weighted by Gasteiger charge is -2.13. The first-order chi connectivity index (χ1) is 10.1. The number of aliphatic hydroxyl groups excluding tert-OH is 1. The van der Waals surface area contributed by atoms with Crippen LogP contribution in [-0.2, 0) is 6.42 Å². The number of aromatic nitrogens is 2. The van der Waals surface area contributed by atoms with Gasteiger partial charge in [0.1, 0.15) is 5.82 Å². The number of aryl methyl sites for hydroxylation is 2. The summed E-state index contributed by atoms with van der Waals surface area (Å²) in [7, 11) is 1.95. The number of nitrogens with zero attached hydrogens (tertiary/aromatic N) is 3. The number of hydrogen-bond donors (Lipinski definition) is 1. The van der Waals surface area contributed by atoms with Crippen molar-refractivity contribution in [2.45, 2.75) is 19.8 Å². The van der Waals surface area contributed by atoms with Gasteiger partial charge in [-0.3, -0.25) is 0 Å². The summed E-state index contributed by atoms with van der Waals surface area (Å²) < 4.78 is 18.7. The monoisotopic (exact) mass is 293 g/mol. The normalized spacial score (nSPS) is 11.3. The third-order valence-corrected chi connectivity index (χ3v) is 3.31. The second-order valence-corrected chi connectivity index (χ2v) is 5.11. The molecule has 0 amide bonds. The SMILES string of the molecule is Cc1ccc(-c2noc(CCCN(C)CCO)n2)cc1F. The van der Waals surface area contributed by atoms with Gasteiger partial charge >= 0.3 is 0 Å². The highest BCUT2D eigenvalue weighted by Crippen LogP contribution is 2.19. The van der Waals surface area contributed by atoms with Crippen LogP contribution in [0, 0.1) is 12.7 Å². The number of rotatable bonds is 7. The molecule has 0 unspecified atom stereocenters. The standard InChI is InChI=1S/C15H20FN3O2/c1-11-5-6-12(10-13(11)16)15-17-14(21-18-15)4-3-7-19(2)8-9-20/h5-6,10,20H,3-4,7-9H2,1-2H3. The zero-order valence-electron chi connectivity index (χ0n) is 12.3. The van der Waals surface area contributed by atoms with E-state index in [4.69, 9.17) is 9.63 Å². The second-order valence-electron chi connectivity index (χ2n) is 5.11. The molecule has 5 nitrogen and oxygen atoms in total. The fourth-order valence-electron chi connectivity index (χ4n) is 1.99. The van der Waals surface area contributed by atoms with Crippen LogP contribution in [0.5, 0.6) is 0 Å². The van der Waals surface area contributed by atoms with Crippen LogP contribution < -0.4 is 0 Å². The van der Waals surface area contributed by atoms with Gasteiger partial charge < -0.3 is 14.5 Å². The lowest BCUT2D eigenvalue weighted by atomic mass is 10.1. The smallest absolute Gasteiger partial charge is 0.227 e. The Kier molecular flexibility index (Phi) is 5.41. The molecule has 0 aliphatic rings. The van der Waals surface area contributed by atoms with Crippen molar-refractivity contribution in [3.63, 3.8) is 0 Å². The third-order valence-electron chi connectivity index (χ3n) is 3.31. The Bertz CT molecular complexity index is 586. The van der Waals surface area contributed by atoms with Gasteiger partial charge in [0.25, 0.3) is 0 Å². The minimum Gasteiger partial charge on any atom is -0.395 e. The Morgan fingerprint density at radius 1 is 1.33 bits per heavy atom. The van der Waals surface area contributed by atoms with Crippen LogP contribution in [0.3, 0.4) is 0 Å². The zero-order chi connectivity index (χ0) is 15.2. The largest absolute Gasteiger partial charge is 0.395 e. The van der Waals surface area contributed by atoms with Crippen molar-refractivity contribution in [1.82, 2.24) is 15.0 Å². The molecule has 0 atom stereocenters. The average molecular weight is 293 g/mol. The van der Waals surface area contributed by atoms with Crippen LogP contribution in [0.25, 0.3) is 11.4 Å². The van der Waals surface area contributed by atoms with E-state index in [9.17, 15) is 4.39 Å². The lowest BCUT2D eigenvalue weighted by Crippen LogP contribution is -2.23. The molecule has 1 aromatic heterocycles. The summed E-state index contributed by atoms with van der Waals surface area (Å²) in [6.45, 7) is 3.36. The van der Waals surface area contributed by atoms with Crippen molar-refractivity contribution in [1.29, 1.82) is 0 Å². The molecule has 0 radical (unpaired) electrons. The molecule has 0 saturated carbocycles. The zero-order valence-corrected chi connectivity index (χ0v) is 12.3. The van der Waals surface area contributed by atoms with Gasteiger partial charge in [-0.1, -0.05) is 17.3 Å². The Morgan fingerprint density at radius 3 is 2.86 bits per heavy atom. The molecule has 1 N–H and O–H groups in total. The molecule has 114 valence electrons. The van der Waals surface area contributed by atoms with Gasteiger partial charge in [-0.05, 0) is 38.6 Å². The summed E-state index contributed by atoms with van der Waals surface area (Å²) in [6, 6.07) is 4.89. The van der Waals surface area contributed by atoms with Crippen LogP contribution in [0.2, 0.25) is 0 Å². The van der Waals surface area contributed by atoms with Crippen LogP contribution in [-0.4, -0.2) is 46.9 Å². The quantitative estimate of drug-likeness (QED) is 0.846. The summed E-state index contributed by atoms with van der Waals surface area (Å²) >= 11 is 0. The van der Waals surface area contributed by atoms with Crippen molar-refractivity contribution in [3.05, 3.63) is 35.5 Å². The van der Waals surface area contributed by atoms with Crippen molar-refractivity contribution < 1.29 is 14.0 Å². The first-order valence-electron chi connectivity index (χ1n) is 6.98. The molecular weight excluding hydrogens is 273 g/mol. The van der Waals surface area contributed by atoms with Crippen LogP contribution in [0.4, 0.5) is 4.39 Å². The van der Waals surface area contributed by atoms with Crippen LogP contribution >= 0.6 is 0 Å². The van der Waals surface area contributed by atoms with Gasteiger partial charge in [-0.2, -0.15) is 4.98 Å². The predicted octanol–water partition coefficient (Wildman–Crippen LogP) is 2.04. The van der Waals surface area contributed by atoms with E-state index in [2.05, 4.69) is 10.1 Å². The van der Waals surface area contributed by atoms with Crippen molar-refractivity contribution in [2.24, 2.45) is 0 Å². The summed E-state index contributed by atoms with van der Waals surface area (Å²) in [5.41, 5.74) is 1.21. The molecular formula is C15H20FN3O2. The van der Waals surface area contributed by atoms with Gasteiger partial charge in [0.05, 0.1) is 6.61 Å². The van der Waals surface area contributed by atoms with E-state index in [0.717, 1.165) is 13.0 Å². The van der Waals surface area contributed by atoms with E-state index < -0.39 is 0 Å². The molecule has 0 saturated heterocycles.